The fourth-order valence-corrected chi connectivity index (χ4v) is 7.61. The minimum atomic E-state index is -5.07. The summed E-state index contributed by atoms with van der Waals surface area (Å²) in [7, 11) is -5.07. The molecule has 64 heavy (non-hydrogen) atoms. The number of carbonyl (C=O) groups is 1. The van der Waals surface area contributed by atoms with Gasteiger partial charge in [0, 0.05) is 13.0 Å². The number of allylic oxidation sites excluding steroid dienone is 12. The van der Waals surface area contributed by atoms with Crippen molar-refractivity contribution in [1.29, 1.82) is 0 Å². The SMILES string of the molecule is CC/C=C\C/C=C\C/C=C\C/C=C\C/C=C\CCCCCC(=O)OC(COCCCCCCCCCC/C=C\CCCCCCCC)COC1OC(CO)C(O)C(OS(=O)(=O)O)C1O. The van der Waals surface area contributed by atoms with Crippen LogP contribution in [0, 0.1) is 0 Å². The third kappa shape index (κ3) is 34.8. The lowest BCUT2D eigenvalue weighted by atomic mass is 9.99. The molecule has 12 nitrogen and oxygen atoms in total. The van der Waals surface area contributed by atoms with Crippen LogP contribution < -0.4 is 0 Å². The van der Waals surface area contributed by atoms with E-state index in [1.54, 1.807) is 0 Å². The molecule has 1 saturated heterocycles. The van der Waals surface area contributed by atoms with Crippen LogP contribution in [-0.2, 0) is 38.3 Å². The zero-order chi connectivity index (χ0) is 46.8. The second-order valence-corrected chi connectivity index (χ2v) is 17.7. The standard InChI is InChI=1S/C51H88O12S/c1-3-5-7-9-11-13-15-17-19-21-23-24-26-28-30-32-34-36-38-40-47(53)61-45(44-60-51-49(55)50(63-64(56,57)58)48(54)46(42-52)62-51)43-59-41-39-37-35-33-31-29-27-25-22-20-18-16-14-12-10-8-6-4-2/h5,7,11,13,17-20,23-24,28,30,45-46,48-52,54-55H,3-4,6,8-10,12,14-16,21-22,25-27,29,31-44H2,1-2H3,(H,56,57,58)/b7-5-,13-11-,19-17-,20-18-,24-23-,30-28-. The highest BCUT2D eigenvalue weighted by Gasteiger charge is 2.48. The van der Waals surface area contributed by atoms with Crippen molar-refractivity contribution in [2.24, 2.45) is 0 Å². The summed E-state index contributed by atoms with van der Waals surface area (Å²) in [5.74, 6) is -0.433. The highest BCUT2D eigenvalue weighted by atomic mass is 32.3. The number of esters is 1. The zero-order valence-electron chi connectivity index (χ0n) is 39.6. The van der Waals surface area contributed by atoms with E-state index in [4.69, 9.17) is 18.9 Å². The first-order chi connectivity index (χ1) is 31.1. The molecule has 0 bridgehead atoms. The maximum absolute atomic E-state index is 12.9. The predicted octanol–water partition coefficient (Wildman–Crippen LogP) is 11.1. The summed E-state index contributed by atoms with van der Waals surface area (Å²) in [4.78, 5) is 12.9. The van der Waals surface area contributed by atoms with Crippen molar-refractivity contribution in [3.05, 3.63) is 72.9 Å². The Labute approximate surface area is 388 Å². The fourth-order valence-electron chi connectivity index (χ4n) is 7.10. The second kappa shape index (κ2) is 41.9. The summed E-state index contributed by atoms with van der Waals surface area (Å²) in [5, 5.41) is 30.7. The van der Waals surface area contributed by atoms with Crippen molar-refractivity contribution in [2.45, 2.75) is 218 Å². The van der Waals surface area contributed by atoms with Crippen LogP contribution in [0.15, 0.2) is 72.9 Å². The summed E-state index contributed by atoms with van der Waals surface area (Å²) in [6, 6.07) is 0. The van der Waals surface area contributed by atoms with E-state index in [2.05, 4.69) is 90.9 Å². The van der Waals surface area contributed by atoms with E-state index in [-0.39, 0.29) is 19.6 Å². The van der Waals surface area contributed by atoms with Crippen LogP contribution in [0.5, 0.6) is 0 Å². The van der Waals surface area contributed by atoms with Gasteiger partial charge >= 0.3 is 16.4 Å². The van der Waals surface area contributed by atoms with Crippen LogP contribution in [0.2, 0.25) is 0 Å². The molecule has 0 radical (unpaired) electrons. The number of rotatable bonds is 42. The summed E-state index contributed by atoms with van der Waals surface area (Å²) < 4.78 is 59.2. The van der Waals surface area contributed by atoms with Crippen LogP contribution in [0.3, 0.4) is 0 Å². The number of hydrogen-bond donors (Lipinski definition) is 4. The van der Waals surface area contributed by atoms with Crippen LogP contribution >= 0.6 is 0 Å². The zero-order valence-corrected chi connectivity index (χ0v) is 40.4. The minimum Gasteiger partial charge on any atom is -0.457 e. The lowest BCUT2D eigenvalue weighted by molar-refractivity contribution is -0.301. The molecule has 0 aliphatic carbocycles. The van der Waals surface area contributed by atoms with Gasteiger partial charge < -0.3 is 34.3 Å². The molecule has 1 heterocycles. The maximum Gasteiger partial charge on any atom is 0.397 e. The average molecular weight is 925 g/mol. The normalized spacial score (nSPS) is 20.4. The van der Waals surface area contributed by atoms with Gasteiger partial charge in [0.15, 0.2) is 6.29 Å². The lowest BCUT2D eigenvalue weighted by Gasteiger charge is -2.41. The van der Waals surface area contributed by atoms with E-state index >= 15 is 0 Å². The Morgan fingerprint density at radius 3 is 1.59 bits per heavy atom. The molecule has 0 spiro atoms. The highest BCUT2D eigenvalue weighted by Crippen LogP contribution is 2.26. The molecule has 0 saturated carbocycles. The van der Waals surface area contributed by atoms with Gasteiger partial charge in [0.2, 0.25) is 0 Å². The molecule has 0 amide bonds. The summed E-state index contributed by atoms with van der Waals surface area (Å²) in [5.41, 5.74) is 0. The van der Waals surface area contributed by atoms with Gasteiger partial charge in [-0.2, -0.15) is 8.42 Å². The molecule has 1 aliphatic rings. The Hall–Kier alpha value is -2.46. The molecule has 1 fully saturated rings. The summed E-state index contributed by atoms with van der Waals surface area (Å²) in [6.07, 6.45) is 45.0. The molecule has 0 aromatic carbocycles. The molecule has 6 atom stereocenters. The molecular weight excluding hydrogens is 837 g/mol. The molecular formula is C51H88O12S. The molecule has 0 aromatic heterocycles. The van der Waals surface area contributed by atoms with Gasteiger partial charge in [-0.3, -0.25) is 9.35 Å². The second-order valence-electron chi connectivity index (χ2n) is 16.7. The first-order valence-electron chi connectivity index (χ1n) is 24.7. The first-order valence-corrected chi connectivity index (χ1v) is 26.1. The first kappa shape index (κ1) is 59.6. The number of hydrogen-bond acceptors (Lipinski definition) is 11. The van der Waals surface area contributed by atoms with E-state index < -0.39 is 59.8 Å². The monoisotopic (exact) mass is 925 g/mol. The van der Waals surface area contributed by atoms with Crippen molar-refractivity contribution in [1.82, 2.24) is 0 Å². The Morgan fingerprint density at radius 1 is 0.609 bits per heavy atom. The number of aliphatic hydroxyl groups excluding tert-OH is 3. The largest absolute Gasteiger partial charge is 0.457 e. The highest BCUT2D eigenvalue weighted by molar-refractivity contribution is 7.80. The van der Waals surface area contributed by atoms with E-state index in [1.807, 2.05) is 0 Å². The molecule has 13 heteroatoms. The quantitative estimate of drug-likeness (QED) is 0.0197. The number of carbonyl (C=O) groups excluding carboxylic acids is 1. The van der Waals surface area contributed by atoms with E-state index in [0.717, 1.165) is 70.6 Å². The smallest absolute Gasteiger partial charge is 0.397 e. The van der Waals surface area contributed by atoms with Crippen molar-refractivity contribution in [3.63, 3.8) is 0 Å². The molecule has 1 aliphatic heterocycles. The van der Waals surface area contributed by atoms with E-state index in [1.165, 1.54) is 83.5 Å². The lowest BCUT2D eigenvalue weighted by Crippen LogP contribution is -2.60. The summed E-state index contributed by atoms with van der Waals surface area (Å²) in [6.45, 7) is 3.82. The number of ether oxygens (including phenoxy) is 4. The van der Waals surface area contributed by atoms with Crippen molar-refractivity contribution in [3.8, 4) is 0 Å². The van der Waals surface area contributed by atoms with Crippen molar-refractivity contribution < 1.29 is 56.2 Å². The molecule has 6 unspecified atom stereocenters. The molecule has 370 valence electrons. The van der Waals surface area contributed by atoms with Gasteiger partial charge in [-0.25, -0.2) is 4.18 Å². The van der Waals surface area contributed by atoms with Gasteiger partial charge in [0.25, 0.3) is 0 Å². The number of unbranched alkanes of at least 4 members (excludes halogenated alkanes) is 17. The maximum atomic E-state index is 12.9. The Balaban J connectivity index is 2.42. The van der Waals surface area contributed by atoms with Gasteiger partial charge in [-0.05, 0) is 83.5 Å². The third-order valence-electron chi connectivity index (χ3n) is 10.8. The Bertz CT molecular complexity index is 1390. The fraction of sp³-hybridized carbons (Fsp3) is 0.745. The van der Waals surface area contributed by atoms with Gasteiger partial charge in [0.1, 0.15) is 30.5 Å². The van der Waals surface area contributed by atoms with Crippen LogP contribution in [0.25, 0.3) is 0 Å². The van der Waals surface area contributed by atoms with Gasteiger partial charge in [0.05, 0.1) is 19.8 Å². The van der Waals surface area contributed by atoms with E-state index in [9.17, 15) is 33.1 Å². The van der Waals surface area contributed by atoms with Crippen molar-refractivity contribution in [2.75, 3.05) is 26.4 Å². The Kier molecular flexibility index (Phi) is 39.0. The molecule has 1 rings (SSSR count). The number of aliphatic hydroxyl groups is 3. The topological polar surface area (TPSA) is 178 Å². The molecule has 4 N–H and O–H groups in total. The molecule has 0 aromatic rings. The minimum absolute atomic E-state index is 0.0169. The van der Waals surface area contributed by atoms with E-state index in [0.29, 0.717) is 13.0 Å². The Morgan fingerprint density at radius 2 is 1.08 bits per heavy atom. The average Bonchev–Trinajstić information content (AvgIpc) is 3.27. The van der Waals surface area contributed by atoms with Crippen LogP contribution in [-0.4, -0.2) is 97.5 Å². The van der Waals surface area contributed by atoms with Crippen LogP contribution in [0.1, 0.15) is 181 Å². The van der Waals surface area contributed by atoms with Crippen molar-refractivity contribution >= 4 is 16.4 Å². The third-order valence-corrected chi connectivity index (χ3v) is 11.3. The van der Waals surface area contributed by atoms with Crippen LogP contribution in [0.4, 0.5) is 0 Å². The van der Waals surface area contributed by atoms with Gasteiger partial charge in [-0.15, -0.1) is 0 Å². The van der Waals surface area contributed by atoms with Gasteiger partial charge in [-0.1, -0.05) is 164 Å². The predicted molar refractivity (Wildman–Crippen MR) is 257 cm³/mol. The summed E-state index contributed by atoms with van der Waals surface area (Å²) >= 11 is 0.